The van der Waals surface area contributed by atoms with Crippen LogP contribution in [0.2, 0.25) is 0 Å². The van der Waals surface area contributed by atoms with Crippen LogP contribution in [0.25, 0.3) is 0 Å². The van der Waals surface area contributed by atoms with Crippen molar-refractivity contribution in [1.82, 2.24) is 0 Å². The predicted molar refractivity (Wildman–Crippen MR) is 94.2 cm³/mol. The first-order valence-corrected chi connectivity index (χ1v) is 8.81. The van der Waals surface area contributed by atoms with Gasteiger partial charge in [0.25, 0.3) is 0 Å². The molecule has 21 heavy (non-hydrogen) atoms. The van der Waals surface area contributed by atoms with Crippen molar-refractivity contribution in [2.24, 2.45) is 5.73 Å². The normalized spacial score (nSPS) is 12.3. The van der Waals surface area contributed by atoms with Gasteiger partial charge in [-0.2, -0.15) is 11.8 Å². The van der Waals surface area contributed by atoms with E-state index in [0.717, 1.165) is 23.7 Å². The molecule has 0 radical (unpaired) electrons. The van der Waals surface area contributed by atoms with Gasteiger partial charge in [0.05, 0.1) is 6.04 Å². The quantitative estimate of drug-likeness (QED) is 0.775. The lowest BCUT2D eigenvalue weighted by molar-refractivity contribution is -0.117. The van der Waals surface area contributed by atoms with Gasteiger partial charge in [0.2, 0.25) is 5.91 Å². The summed E-state index contributed by atoms with van der Waals surface area (Å²) in [6.07, 6.45) is 2.71. The van der Waals surface area contributed by atoms with Crippen LogP contribution in [-0.2, 0) is 4.79 Å². The molecule has 1 aromatic rings. The van der Waals surface area contributed by atoms with Crippen LogP contribution in [-0.4, -0.2) is 36.5 Å². The molecule has 0 spiro atoms. The fourth-order valence-corrected chi connectivity index (χ4v) is 2.68. The Hall–Kier alpha value is -1.20. The van der Waals surface area contributed by atoms with E-state index in [9.17, 15) is 4.79 Å². The third-order valence-corrected chi connectivity index (χ3v) is 4.04. The molecule has 0 aliphatic heterocycles. The van der Waals surface area contributed by atoms with E-state index in [1.165, 1.54) is 0 Å². The highest BCUT2D eigenvalue weighted by molar-refractivity contribution is 7.98. The number of nitrogens with zero attached hydrogens (tertiary/aromatic N) is 1. The summed E-state index contributed by atoms with van der Waals surface area (Å²) in [5, 5.41) is 2.87. The smallest absolute Gasteiger partial charge is 0.241 e. The van der Waals surface area contributed by atoms with Gasteiger partial charge in [-0.25, -0.2) is 0 Å². The maximum Gasteiger partial charge on any atom is 0.241 e. The fourth-order valence-electron chi connectivity index (χ4n) is 2.19. The van der Waals surface area contributed by atoms with Gasteiger partial charge in [-0.3, -0.25) is 4.79 Å². The lowest BCUT2D eigenvalue weighted by Gasteiger charge is -2.27. The monoisotopic (exact) mass is 309 g/mol. The number of rotatable bonds is 8. The minimum absolute atomic E-state index is 0.118. The van der Waals surface area contributed by atoms with Crippen molar-refractivity contribution in [1.29, 1.82) is 0 Å². The molecule has 5 heteroatoms. The van der Waals surface area contributed by atoms with Gasteiger partial charge in [-0.1, -0.05) is 0 Å². The van der Waals surface area contributed by atoms with Gasteiger partial charge in [-0.15, -0.1) is 0 Å². The van der Waals surface area contributed by atoms with E-state index in [1.807, 2.05) is 30.5 Å². The maximum atomic E-state index is 11.9. The molecule has 118 valence electrons. The molecule has 4 nitrogen and oxygen atoms in total. The van der Waals surface area contributed by atoms with E-state index in [0.29, 0.717) is 12.5 Å². The summed E-state index contributed by atoms with van der Waals surface area (Å²) in [6.45, 7) is 7.44. The van der Waals surface area contributed by atoms with E-state index in [2.05, 4.69) is 31.0 Å². The maximum absolute atomic E-state index is 11.9. The van der Waals surface area contributed by atoms with Crippen LogP contribution in [0, 0.1) is 0 Å². The first kappa shape index (κ1) is 17.9. The number of hydrogen-bond acceptors (Lipinski definition) is 4. The molecule has 0 aliphatic carbocycles. The number of nitrogens with one attached hydrogen (secondary N) is 1. The summed E-state index contributed by atoms with van der Waals surface area (Å²) in [6, 6.07) is 7.94. The van der Waals surface area contributed by atoms with Crippen molar-refractivity contribution < 1.29 is 4.79 Å². The van der Waals surface area contributed by atoms with Crippen LogP contribution in [0.15, 0.2) is 24.3 Å². The SMILES string of the molecule is CCN(c1ccc(NC(=O)[C@@H](N)CCSC)cc1)C(C)C. The average molecular weight is 309 g/mol. The highest BCUT2D eigenvalue weighted by Crippen LogP contribution is 2.20. The molecule has 0 fully saturated rings. The van der Waals surface area contributed by atoms with E-state index < -0.39 is 6.04 Å². The molecular weight excluding hydrogens is 282 g/mol. The predicted octanol–water partition coefficient (Wildman–Crippen LogP) is 2.94. The summed E-state index contributed by atoms with van der Waals surface area (Å²) in [5.74, 6) is 0.779. The first-order chi connectivity index (χ1) is 9.99. The van der Waals surface area contributed by atoms with Gasteiger partial charge in [0.1, 0.15) is 0 Å². The second kappa shape index (κ2) is 8.95. The summed E-state index contributed by atoms with van der Waals surface area (Å²) in [4.78, 5) is 14.2. The molecule has 3 N–H and O–H groups in total. The summed E-state index contributed by atoms with van der Waals surface area (Å²) in [7, 11) is 0. The molecule has 0 aliphatic rings. The van der Waals surface area contributed by atoms with Crippen molar-refractivity contribution in [2.45, 2.75) is 39.3 Å². The molecule has 0 saturated carbocycles. The van der Waals surface area contributed by atoms with Crippen molar-refractivity contribution in [3.63, 3.8) is 0 Å². The highest BCUT2D eigenvalue weighted by Gasteiger charge is 2.13. The van der Waals surface area contributed by atoms with Crippen molar-refractivity contribution in [3.05, 3.63) is 24.3 Å². The number of hydrogen-bond donors (Lipinski definition) is 2. The molecule has 0 aromatic heterocycles. The van der Waals surface area contributed by atoms with Crippen molar-refractivity contribution in [2.75, 3.05) is 28.8 Å². The van der Waals surface area contributed by atoms with E-state index in [4.69, 9.17) is 5.73 Å². The molecule has 0 heterocycles. The zero-order valence-electron chi connectivity index (χ0n) is 13.4. The number of carbonyl (C=O) groups is 1. The molecule has 0 saturated heterocycles. The number of nitrogens with two attached hydrogens (primary N) is 1. The summed E-state index contributed by atoms with van der Waals surface area (Å²) < 4.78 is 0. The molecule has 0 unspecified atom stereocenters. The Morgan fingerprint density at radius 1 is 1.33 bits per heavy atom. The lowest BCUT2D eigenvalue weighted by Crippen LogP contribution is -2.36. The number of anilines is 2. The molecule has 1 atom stereocenters. The Kier molecular flexibility index (Phi) is 7.61. The van der Waals surface area contributed by atoms with Crippen LogP contribution in [0.4, 0.5) is 11.4 Å². The number of carbonyl (C=O) groups excluding carboxylic acids is 1. The standard InChI is InChI=1S/C16H27N3OS/c1-5-19(12(2)3)14-8-6-13(7-9-14)18-16(20)15(17)10-11-21-4/h6-9,12,15H,5,10-11,17H2,1-4H3,(H,18,20)/t15-/m0/s1. The van der Waals surface area contributed by atoms with Gasteiger partial charge in [-0.05, 0) is 63.5 Å². The number of benzene rings is 1. The number of amides is 1. The molecule has 1 amide bonds. The number of thioether (sulfide) groups is 1. The Labute approximate surface area is 132 Å². The van der Waals surface area contributed by atoms with Crippen molar-refractivity contribution in [3.8, 4) is 0 Å². The van der Waals surface area contributed by atoms with Crippen LogP contribution in [0.1, 0.15) is 27.2 Å². The topological polar surface area (TPSA) is 58.4 Å². The van der Waals surface area contributed by atoms with Crippen LogP contribution >= 0.6 is 11.8 Å². The van der Waals surface area contributed by atoms with Gasteiger partial charge >= 0.3 is 0 Å². The van der Waals surface area contributed by atoms with Gasteiger partial charge in [0.15, 0.2) is 0 Å². The Morgan fingerprint density at radius 3 is 2.43 bits per heavy atom. The Morgan fingerprint density at radius 2 is 1.95 bits per heavy atom. The molecule has 1 rings (SSSR count). The minimum Gasteiger partial charge on any atom is -0.369 e. The first-order valence-electron chi connectivity index (χ1n) is 7.41. The largest absolute Gasteiger partial charge is 0.369 e. The average Bonchev–Trinajstić information content (AvgIpc) is 2.46. The zero-order valence-corrected chi connectivity index (χ0v) is 14.2. The molecule has 0 bridgehead atoms. The van der Waals surface area contributed by atoms with Gasteiger partial charge < -0.3 is 16.0 Å². The van der Waals surface area contributed by atoms with Crippen LogP contribution < -0.4 is 16.0 Å². The van der Waals surface area contributed by atoms with Crippen LogP contribution in [0.5, 0.6) is 0 Å². The lowest BCUT2D eigenvalue weighted by atomic mass is 10.2. The summed E-state index contributed by atoms with van der Waals surface area (Å²) in [5.41, 5.74) is 7.82. The highest BCUT2D eigenvalue weighted by atomic mass is 32.2. The van der Waals surface area contributed by atoms with Crippen LogP contribution in [0.3, 0.4) is 0 Å². The summed E-state index contributed by atoms with van der Waals surface area (Å²) >= 11 is 1.70. The second-order valence-corrected chi connectivity index (χ2v) is 6.29. The van der Waals surface area contributed by atoms with Crippen molar-refractivity contribution >= 4 is 29.0 Å². The fraction of sp³-hybridized carbons (Fsp3) is 0.562. The molecular formula is C16H27N3OS. The van der Waals surface area contributed by atoms with E-state index >= 15 is 0 Å². The van der Waals surface area contributed by atoms with Gasteiger partial charge in [0, 0.05) is 24.0 Å². The third-order valence-electron chi connectivity index (χ3n) is 3.40. The Bertz CT molecular complexity index is 434. The van der Waals surface area contributed by atoms with E-state index in [-0.39, 0.29) is 5.91 Å². The Balaban J connectivity index is 2.64. The zero-order chi connectivity index (χ0) is 15.8. The molecule has 1 aromatic carbocycles. The van der Waals surface area contributed by atoms with E-state index in [1.54, 1.807) is 11.8 Å². The minimum atomic E-state index is -0.445. The third kappa shape index (κ3) is 5.59. The second-order valence-electron chi connectivity index (χ2n) is 5.30.